The Labute approximate surface area is 123 Å². The van der Waals surface area contributed by atoms with Gasteiger partial charge in [-0.2, -0.15) is 0 Å². The minimum absolute atomic E-state index is 0.109. The second-order valence-electron chi connectivity index (χ2n) is 4.65. The van der Waals surface area contributed by atoms with Gasteiger partial charge in [-0.1, -0.05) is 30.0 Å². The zero-order valence-corrected chi connectivity index (χ0v) is 12.6. The smallest absolute Gasteiger partial charge is 0.104 e. The lowest BCUT2D eigenvalue weighted by Crippen LogP contribution is -2.18. The quantitative estimate of drug-likeness (QED) is 0.877. The summed E-state index contributed by atoms with van der Waals surface area (Å²) in [5.74, 6) is 5.70. The number of aromatic nitrogens is 1. The van der Waals surface area contributed by atoms with Crippen molar-refractivity contribution in [2.24, 2.45) is 0 Å². The standard InChI is InChI=1S/C16H18N2OS/c1-13-17-16(12-20-13)11-18(2)10-15-7-4-3-6-14(15)8-5-9-19/h3-4,6-7,12,19H,9-11H2,1-2H3. The number of aliphatic hydroxyl groups excluding tert-OH is 1. The molecule has 0 bridgehead atoms. The lowest BCUT2D eigenvalue weighted by atomic mass is 10.1. The van der Waals surface area contributed by atoms with Gasteiger partial charge in [0.05, 0.1) is 10.7 Å². The zero-order chi connectivity index (χ0) is 14.4. The summed E-state index contributed by atoms with van der Waals surface area (Å²) in [6, 6.07) is 8.04. The fourth-order valence-corrected chi connectivity index (χ4v) is 2.62. The number of rotatable bonds is 4. The second-order valence-corrected chi connectivity index (χ2v) is 5.71. The average Bonchev–Trinajstić information content (AvgIpc) is 2.83. The molecule has 20 heavy (non-hydrogen) atoms. The van der Waals surface area contributed by atoms with E-state index in [0.717, 1.165) is 29.4 Å². The molecule has 4 heteroatoms. The number of hydrogen-bond acceptors (Lipinski definition) is 4. The Morgan fingerprint density at radius 2 is 2.10 bits per heavy atom. The van der Waals surface area contributed by atoms with Crippen LogP contribution in [0.25, 0.3) is 0 Å². The molecule has 0 spiro atoms. The highest BCUT2D eigenvalue weighted by Gasteiger charge is 2.06. The molecule has 0 unspecified atom stereocenters. The van der Waals surface area contributed by atoms with Gasteiger partial charge in [-0.15, -0.1) is 11.3 Å². The van der Waals surface area contributed by atoms with E-state index < -0.39 is 0 Å². The Hall–Kier alpha value is -1.67. The summed E-state index contributed by atoms with van der Waals surface area (Å²) in [4.78, 5) is 6.70. The highest BCUT2D eigenvalue weighted by atomic mass is 32.1. The maximum absolute atomic E-state index is 8.81. The van der Waals surface area contributed by atoms with E-state index in [-0.39, 0.29) is 6.61 Å². The molecule has 0 saturated heterocycles. The predicted octanol–water partition coefficient (Wildman–Crippen LogP) is 2.43. The molecule has 2 rings (SSSR count). The predicted molar refractivity (Wildman–Crippen MR) is 82.4 cm³/mol. The van der Waals surface area contributed by atoms with E-state index in [1.165, 1.54) is 5.56 Å². The number of nitrogens with zero attached hydrogens (tertiary/aromatic N) is 2. The summed E-state index contributed by atoms with van der Waals surface area (Å²) in [7, 11) is 2.07. The Kier molecular flexibility index (Phi) is 5.31. The van der Waals surface area contributed by atoms with E-state index in [1.54, 1.807) is 11.3 Å². The van der Waals surface area contributed by atoms with Crippen LogP contribution in [0.15, 0.2) is 29.6 Å². The molecule has 1 aromatic heterocycles. The summed E-state index contributed by atoms with van der Waals surface area (Å²) in [6.45, 7) is 3.55. The Balaban J connectivity index is 2.05. The van der Waals surface area contributed by atoms with Crippen molar-refractivity contribution in [2.75, 3.05) is 13.7 Å². The fraction of sp³-hybridized carbons (Fsp3) is 0.312. The lowest BCUT2D eigenvalue weighted by molar-refractivity contribution is 0.315. The number of hydrogen-bond donors (Lipinski definition) is 1. The Morgan fingerprint density at radius 3 is 2.80 bits per heavy atom. The van der Waals surface area contributed by atoms with Crippen LogP contribution in [0.1, 0.15) is 21.8 Å². The van der Waals surface area contributed by atoms with Gasteiger partial charge in [0.15, 0.2) is 0 Å². The van der Waals surface area contributed by atoms with Crippen LogP contribution in [-0.2, 0) is 13.1 Å². The van der Waals surface area contributed by atoms with Gasteiger partial charge in [-0.3, -0.25) is 4.90 Å². The number of aliphatic hydroxyl groups is 1. The van der Waals surface area contributed by atoms with Crippen LogP contribution in [0.4, 0.5) is 0 Å². The number of thiazole rings is 1. The van der Waals surface area contributed by atoms with Crippen LogP contribution in [0.3, 0.4) is 0 Å². The molecule has 0 aliphatic heterocycles. The molecule has 104 valence electrons. The third kappa shape index (κ3) is 4.17. The molecule has 1 N–H and O–H groups in total. The van der Waals surface area contributed by atoms with E-state index in [2.05, 4.69) is 40.2 Å². The van der Waals surface area contributed by atoms with Crippen LogP contribution in [0.5, 0.6) is 0 Å². The first-order chi connectivity index (χ1) is 9.69. The summed E-state index contributed by atoms with van der Waals surface area (Å²) < 4.78 is 0. The summed E-state index contributed by atoms with van der Waals surface area (Å²) in [6.07, 6.45) is 0. The number of benzene rings is 1. The first kappa shape index (κ1) is 14.7. The van der Waals surface area contributed by atoms with Gasteiger partial charge < -0.3 is 5.11 Å². The van der Waals surface area contributed by atoms with Crippen LogP contribution >= 0.6 is 11.3 Å². The highest BCUT2D eigenvalue weighted by molar-refractivity contribution is 7.09. The Bertz CT molecular complexity index is 625. The van der Waals surface area contributed by atoms with Gasteiger partial charge in [0.25, 0.3) is 0 Å². The van der Waals surface area contributed by atoms with Gasteiger partial charge in [-0.05, 0) is 25.6 Å². The third-order valence-electron chi connectivity index (χ3n) is 2.86. The van der Waals surface area contributed by atoms with Crippen LogP contribution < -0.4 is 0 Å². The van der Waals surface area contributed by atoms with E-state index in [0.29, 0.717) is 0 Å². The van der Waals surface area contributed by atoms with Gasteiger partial charge in [0.2, 0.25) is 0 Å². The molecular weight excluding hydrogens is 268 g/mol. The fourth-order valence-electron chi connectivity index (χ4n) is 2.02. The van der Waals surface area contributed by atoms with Crippen molar-refractivity contribution in [1.82, 2.24) is 9.88 Å². The maximum Gasteiger partial charge on any atom is 0.104 e. The van der Waals surface area contributed by atoms with E-state index in [4.69, 9.17) is 5.11 Å². The van der Waals surface area contributed by atoms with Crippen molar-refractivity contribution in [2.45, 2.75) is 20.0 Å². The van der Waals surface area contributed by atoms with Crippen molar-refractivity contribution >= 4 is 11.3 Å². The summed E-state index contributed by atoms with van der Waals surface area (Å²) in [5.41, 5.74) is 3.25. The zero-order valence-electron chi connectivity index (χ0n) is 11.8. The highest BCUT2D eigenvalue weighted by Crippen LogP contribution is 2.14. The average molecular weight is 286 g/mol. The van der Waals surface area contributed by atoms with Gasteiger partial charge in [0, 0.05) is 24.0 Å². The molecule has 2 aromatic rings. The molecular formula is C16H18N2OS. The lowest BCUT2D eigenvalue weighted by Gasteiger charge is -2.16. The van der Waals surface area contributed by atoms with E-state index in [9.17, 15) is 0 Å². The molecule has 0 atom stereocenters. The summed E-state index contributed by atoms with van der Waals surface area (Å²) >= 11 is 1.68. The molecule has 0 aliphatic rings. The summed E-state index contributed by atoms with van der Waals surface area (Å²) in [5, 5.41) is 12.0. The van der Waals surface area contributed by atoms with Crippen molar-refractivity contribution < 1.29 is 5.11 Å². The van der Waals surface area contributed by atoms with E-state index >= 15 is 0 Å². The molecule has 3 nitrogen and oxygen atoms in total. The Morgan fingerprint density at radius 1 is 1.30 bits per heavy atom. The molecule has 1 heterocycles. The van der Waals surface area contributed by atoms with Gasteiger partial charge in [-0.25, -0.2) is 4.98 Å². The third-order valence-corrected chi connectivity index (χ3v) is 3.68. The SMILES string of the molecule is Cc1nc(CN(C)Cc2ccccc2C#CCO)cs1. The molecule has 0 amide bonds. The van der Waals surface area contributed by atoms with Crippen molar-refractivity contribution in [3.63, 3.8) is 0 Å². The molecule has 0 radical (unpaired) electrons. The first-order valence-corrected chi connectivity index (χ1v) is 7.34. The van der Waals surface area contributed by atoms with Gasteiger partial charge in [0.1, 0.15) is 6.61 Å². The largest absolute Gasteiger partial charge is 0.384 e. The molecule has 0 aliphatic carbocycles. The van der Waals surface area contributed by atoms with E-state index in [1.807, 2.05) is 25.1 Å². The van der Waals surface area contributed by atoms with Crippen LogP contribution in [-0.4, -0.2) is 28.6 Å². The molecule has 0 fully saturated rings. The first-order valence-electron chi connectivity index (χ1n) is 6.46. The topological polar surface area (TPSA) is 36.4 Å². The minimum atomic E-state index is -0.109. The molecule has 1 aromatic carbocycles. The van der Waals surface area contributed by atoms with Crippen molar-refractivity contribution in [3.8, 4) is 11.8 Å². The van der Waals surface area contributed by atoms with Crippen LogP contribution in [0, 0.1) is 18.8 Å². The monoisotopic (exact) mass is 286 g/mol. The van der Waals surface area contributed by atoms with Gasteiger partial charge >= 0.3 is 0 Å². The maximum atomic E-state index is 8.81. The minimum Gasteiger partial charge on any atom is -0.384 e. The second kappa shape index (κ2) is 7.20. The number of aryl methyl sites for hydroxylation is 1. The van der Waals surface area contributed by atoms with Crippen LogP contribution in [0.2, 0.25) is 0 Å². The molecule has 0 saturated carbocycles. The van der Waals surface area contributed by atoms with Crippen molar-refractivity contribution in [3.05, 3.63) is 51.5 Å². The van der Waals surface area contributed by atoms with Crippen molar-refractivity contribution in [1.29, 1.82) is 0 Å². The normalized spacial score (nSPS) is 10.4.